The van der Waals surface area contributed by atoms with Gasteiger partial charge in [0.05, 0.1) is 6.20 Å². The fourth-order valence-electron chi connectivity index (χ4n) is 0.677. The van der Waals surface area contributed by atoms with Gasteiger partial charge in [0.1, 0.15) is 5.82 Å². The first-order chi connectivity index (χ1) is 7.58. The lowest BCUT2D eigenvalue weighted by Gasteiger charge is -1.93. The van der Waals surface area contributed by atoms with Crippen molar-refractivity contribution in [3.63, 3.8) is 0 Å². The lowest BCUT2D eigenvalue weighted by Crippen LogP contribution is -2.05. The van der Waals surface area contributed by atoms with Gasteiger partial charge in [0, 0.05) is 6.07 Å². The van der Waals surface area contributed by atoms with Crippen molar-refractivity contribution in [1.82, 2.24) is 30.4 Å². The van der Waals surface area contributed by atoms with Gasteiger partial charge in [-0.05, 0) is 5.21 Å². The molecule has 0 aliphatic heterocycles. The molecule has 0 aliphatic rings. The quantitative estimate of drug-likeness (QED) is 0.391. The summed E-state index contributed by atoms with van der Waals surface area (Å²) < 4.78 is 0. The van der Waals surface area contributed by atoms with Gasteiger partial charge in [0.15, 0.2) is 0 Å². The van der Waals surface area contributed by atoms with Crippen LogP contribution >= 0.6 is 0 Å². The summed E-state index contributed by atoms with van der Waals surface area (Å²) in [5.74, 6) is 0.523. The molecule has 2 rings (SSSR count). The Hall–Kier alpha value is -2.78. The first-order valence-electron chi connectivity index (χ1n) is 4.00. The van der Waals surface area contributed by atoms with Crippen molar-refractivity contribution in [1.29, 1.82) is 0 Å². The average molecular weight is 222 g/mol. The maximum absolute atomic E-state index is 5.14. The van der Waals surface area contributed by atoms with Gasteiger partial charge in [-0.25, -0.2) is 0 Å². The van der Waals surface area contributed by atoms with Crippen LogP contribution in [0.15, 0.2) is 12.3 Å². The molecule has 8 N–H and O–H groups in total. The van der Waals surface area contributed by atoms with Crippen molar-refractivity contribution in [2.45, 2.75) is 0 Å². The van der Waals surface area contributed by atoms with Gasteiger partial charge in [-0.15, -0.1) is 10.2 Å². The number of hydrogen-bond acceptors (Lipinski definition) is 10. The van der Waals surface area contributed by atoms with E-state index in [1.165, 1.54) is 6.20 Å². The van der Waals surface area contributed by atoms with Crippen molar-refractivity contribution < 1.29 is 0 Å². The van der Waals surface area contributed by atoms with E-state index in [1.54, 1.807) is 6.07 Å². The molecular weight excluding hydrogens is 212 g/mol. The number of hydrogen-bond donors (Lipinski definition) is 4. The van der Waals surface area contributed by atoms with Crippen molar-refractivity contribution >= 4 is 23.7 Å². The van der Waals surface area contributed by atoms with E-state index in [9.17, 15) is 0 Å². The summed E-state index contributed by atoms with van der Waals surface area (Å²) in [4.78, 5) is 10.5. The predicted octanol–water partition coefficient (Wildman–Crippen LogP) is -1.93. The van der Waals surface area contributed by atoms with Crippen LogP contribution in [0.1, 0.15) is 0 Å². The van der Waals surface area contributed by atoms with Crippen molar-refractivity contribution in [2.75, 3.05) is 22.9 Å². The molecule has 2 aromatic rings. The maximum Gasteiger partial charge on any atom is 0.226 e. The largest absolute Gasteiger partial charge is 0.382 e. The first kappa shape index (κ1) is 11.3. The van der Waals surface area contributed by atoms with E-state index in [2.05, 4.69) is 30.4 Å². The Morgan fingerprint density at radius 2 is 1.31 bits per heavy atom. The van der Waals surface area contributed by atoms with Crippen LogP contribution in [0.2, 0.25) is 0 Å². The van der Waals surface area contributed by atoms with Crippen molar-refractivity contribution in [2.24, 2.45) is 0 Å². The molecule has 0 unspecified atom stereocenters. The van der Waals surface area contributed by atoms with E-state index >= 15 is 0 Å². The van der Waals surface area contributed by atoms with E-state index < -0.39 is 0 Å². The Kier molecular flexibility index (Phi) is 3.66. The summed E-state index contributed by atoms with van der Waals surface area (Å²) in [5, 5.41) is 10.1. The van der Waals surface area contributed by atoms with Gasteiger partial charge in [-0.2, -0.15) is 15.0 Å². The highest BCUT2D eigenvalue weighted by Gasteiger charge is 1.93. The third kappa shape index (κ3) is 3.95. The smallest absolute Gasteiger partial charge is 0.226 e. The normalized spacial score (nSPS) is 9.00. The Balaban J connectivity index is 0.000000165. The molecule has 0 aromatic carbocycles. The molecule has 0 atom stereocenters. The van der Waals surface area contributed by atoms with Crippen LogP contribution in [0.3, 0.4) is 0 Å². The van der Waals surface area contributed by atoms with Gasteiger partial charge < -0.3 is 22.9 Å². The second kappa shape index (κ2) is 5.19. The van der Waals surface area contributed by atoms with E-state index in [1.807, 2.05) is 0 Å². The highest BCUT2D eigenvalue weighted by atomic mass is 15.3. The molecule has 0 radical (unpaired) electrons. The molecule has 0 spiro atoms. The van der Waals surface area contributed by atoms with Crippen LogP contribution in [0.25, 0.3) is 0 Å². The molecule has 16 heavy (non-hydrogen) atoms. The standard InChI is InChI=1S/C3H6N6.C3H4N4/c4-1-7-2(5)9-3(6)8-1;4-3-1-2-5-7-6-3/h(H6,4,5,6,7,8,9);1-2H,(H2,4,5,6). The predicted molar refractivity (Wildman–Crippen MR) is 57.3 cm³/mol. The Bertz CT molecular complexity index is 392. The summed E-state index contributed by atoms with van der Waals surface area (Å²) >= 11 is 0. The van der Waals surface area contributed by atoms with Gasteiger partial charge in [0.2, 0.25) is 17.8 Å². The van der Waals surface area contributed by atoms with Crippen molar-refractivity contribution in [3.8, 4) is 0 Å². The molecule has 84 valence electrons. The molecule has 0 saturated carbocycles. The summed E-state index contributed by atoms with van der Waals surface area (Å²) in [6.07, 6.45) is 1.49. The molecule has 2 aromatic heterocycles. The number of anilines is 4. The van der Waals surface area contributed by atoms with Crippen LogP contribution in [0, 0.1) is 0 Å². The summed E-state index contributed by atoms with van der Waals surface area (Å²) in [7, 11) is 0. The zero-order chi connectivity index (χ0) is 12.0. The second-order valence-electron chi connectivity index (χ2n) is 2.46. The molecule has 0 bridgehead atoms. The Labute approximate surface area is 90.1 Å². The summed E-state index contributed by atoms with van der Waals surface area (Å²) in [6, 6.07) is 1.58. The summed E-state index contributed by atoms with van der Waals surface area (Å²) in [5.41, 5.74) is 20.6. The van der Waals surface area contributed by atoms with Gasteiger partial charge in [-0.3, -0.25) is 0 Å². The minimum atomic E-state index is 0.0417. The number of nitrogens with zero attached hydrogens (tertiary/aromatic N) is 6. The highest BCUT2D eigenvalue weighted by Crippen LogP contribution is 1.97. The topological polar surface area (TPSA) is 181 Å². The number of nitrogen functional groups attached to an aromatic ring is 4. The molecule has 0 saturated heterocycles. The Morgan fingerprint density at radius 3 is 1.56 bits per heavy atom. The number of aromatic nitrogens is 6. The zero-order valence-corrected chi connectivity index (χ0v) is 8.15. The molecule has 0 aliphatic carbocycles. The lowest BCUT2D eigenvalue weighted by atomic mass is 10.6. The van der Waals surface area contributed by atoms with Gasteiger partial charge in [-0.1, -0.05) is 0 Å². The molecule has 10 heteroatoms. The van der Waals surface area contributed by atoms with E-state index in [0.29, 0.717) is 5.82 Å². The first-order valence-corrected chi connectivity index (χ1v) is 4.00. The molecule has 2 heterocycles. The Morgan fingerprint density at radius 1 is 0.812 bits per heavy atom. The summed E-state index contributed by atoms with van der Waals surface area (Å²) in [6.45, 7) is 0. The zero-order valence-electron chi connectivity index (χ0n) is 8.15. The third-order valence-electron chi connectivity index (χ3n) is 1.21. The van der Waals surface area contributed by atoms with E-state index in [-0.39, 0.29) is 17.8 Å². The van der Waals surface area contributed by atoms with Gasteiger partial charge in [0.25, 0.3) is 0 Å². The third-order valence-corrected chi connectivity index (χ3v) is 1.21. The van der Waals surface area contributed by atoms with Crippen molar-refractivity contribution in [3.05, 3.63) is 12.3 Å². The monoisotopic (exact) mass is 222 g/mol. The van der Waals surface area contributed by atoms with Crippen LogP contribution in [0.4, 0.5) is 23.7 Å². The minimum absolute atomic E-state index is 0.0417. The molecule has 0 fully saturated rings. The van der Waals surface area contributed by atoms with Gasteiger partial charge >= 0.3 is 0 Å². The van der Waals surface area contributed by atoms with Crippen LogP contribution < -0.4 is 22.9 Å². The van der Waals surface area contributed by atoms with Crippen LogP contribution in [-0.2, 0) is 0 Å². The average Bonchev–Trinajstić information content (AvgIpc) is 2.17. The second-order valence-corrected chi connectivity index (χ2v) is 2.46. The van der Waals surface area contributed by atoms with E-state index in [0.717, 1.165) is 0 Å². The lowest BCUT2D eigenvalue weighted by molar-refractivity contribution is 0.873. The SMILES string of the molecule is Nc1ccnnn1.Nc1nc(N)nc(N)n1. The highest BCUT2D eigenvalue weighted by molar-refractivity contribution is 5.33. The fraction of sp³-hybridized carbons (Fsp3) is 0. The number of rotatable bonds is 0. The van der Waals surface area contributed by atoms with Crippen LogP contribution in [0.5, 0.6) is 0 Å². The number of nitrogens with two attached hydrogens (primary N) is 4. The molecular formula is C6H10N10. The molecule has 0 amide bonds. The molecule has 10 nitrogen and oxygen atoms in total. The van der Waals surface area contributed by atoms with E-state index in [4.69, 9.17) is 22.9 Å². The van der Waals surface area contributed by atoms with Crippen LogP contribution in [-0.4, -0.2) is 30.4 Å². The maximum atomic E-state index is 5.14. The fourth-order valence-corrected chi connectivity index (χ4v) is 0.677. The minimum Gasteiger partial charge on any atom is -0.382 e.